The fourth-order valence-corrected chi connectivity index (χ4v) is 2.60. The number of phenols is 1. The Hall–Kier alpha value is -1.55. The summed E-state index contributed by atoms with van der Waals surface area (Å²) in [6, 6.07) is 2.66. The first-order chi connectivity index (χ1) is 8.59. The third-order valence-corrected chi connectivity index (χ3v) is 3.62. The molecule has 18 heavy (non-hydrogen) atoms. The summed E-state index contributed by atoms with van der Waals surface area (Å²) in [6.45, 7) is 0. The van der Waals surface area contributed by atoms with Gasteiger partial charge in [0.1, 0.15) is 11.8 Å². The molecule has 1 aromatic carbocycles. The minimum absolute atomic E-state index is 0.173. The smallest absolute Gasteiger partial charge is 0.320 e. The van der Waals surface area contributed by atoms with Crippen LogP contribution in [0.1, 0.15) is 36.0 Å². The molecule has 0 heterocycles. The zero-order chi connectivity index (χ0) is 13.1. The van der Waals surface area contributed by atoms with E-state index in [-0.39, 0.29) is 12.2 Å². The standard InChI is InChI=1S/C14H19NO3/c15-12(14(17)18)8-11-10-5-3-1-2-4-9(10)6-7-13(11)16/h6-7,12,16H,1-5,8,15H2,(H,17,18). The fraction of sp³-hybridized carbons (Fsp3) is 0.500. The van der Waals surface area contributed by atoms with Gasteiger partial charge in [0.05, 0.1) is 0 Å². The maximum absolute atomic E-state index is 10.8. The third kappa shape index (κ3) is 2.64. The second kappa shape index (κ2) is 5.40. The lowest BCUT2D eigenvalue weighted by Crippen LogP contribution is -2.32. The number of nitrogens with two attached hydrogens (primary N) is 1. The summed E-state index contributed by atoms with van der Waals surface area (Å²) in [5.41, 5.74) is 8.65. The molecule has 2 rings (SSSR count). The molecular formula is C14H19NO3. The summed E-state index contributed by atoms with van der Waals surface area (Å²) in [5, 5.41) is 18.8. The lowest BCUT2D eigenvalue weighted by Gasteiger charge is -2.16. The molecule has 0 fully saturated rings. The van der Waals surface area contributed by atoms with E-state index in [9.17, 15) is 9.90 Å². The van der Waals surface area contributed by atoms with Crippen LogP contribution in [-0.4, -0.2) is 22.2 Å². The molecule has 4 N–H and O–H groups in total. The van der Waals surface area contributed by atoms with Crippen molar-refractivity contribution in [3.8, 4) is 5.75 Å². The highest BCUT2D eigenvalue weighted by Crippen LogP contribution is 2.30. The number of benzene rings is 1. The van der Waals surface area contributed by atoms with Crippen molar-refractivity contribution in [2.24, 2.45) is 5.73 Å². The van der Waals surface area contributed by atoms with Gasteiger partial charge in [0.2, 0.25) is 0 Å². The van der Waals surface area contributed by atoms with Gasteiger partial charge in [0.25, 0.3) is 0 Å². The second-order valence-corrected chi connectivity index (χ2v) is 4.91. The topological polar surface area (TPSA) is 83.5 Å². The molecule has 0 saturated heterocycles. The number of aliphatic carboxylic acids is 1. The van der Waals surface area contributed by atoms with Crippen LogP contribution in [-0.2, 0) is 24.1 Å². The number of aromatic hydroxyl groups is 1. The fourth-order valence-electron chi connectivity index (χ4n) is 2.60. The van der Waals surface area contributed by atoms with Crippen LogP contribution in [0.3, 0.4) is 0 Å². The van der Waals surface area contributed by atoms with Gasteiger partial charge in [-0.2, -0.15) is 0 Å². The first-order valence-corrected chi connectivity index (χ1v) is 6.40. The van der Waals surface area contributed by atoms with Crippen LogP contribution in [0.2, 0.25) is 0 Å². The number of phenolic OH excluding ortho intramolecular Hbond substituents is 1. The van der Waals surface area contributed by atoms with E-state index in [2.05, 4.69) is 0 Å². The number of carbonyl (C=O) groups is 1. The summed E-state index contributed by atoms with van der Waals surface area (Å²) >= 11 is 0. The highest BCUT2D eigenvalue weighted by atomic mass is 16.4. The van der Waals surface area contributed by atoms with E-state index in [0.29, 0.717) is 0 Å². The van der Waals surface area contributed by atoms with E-state index in [4.69, 9.17) is 10.8 Å². The van der Waals surface area contributed by atoms with Crippen molar-refractivity contribution < 1.29 is 15.0 Å². The van der Waals surface area contributed by atoms with Gasteiger partial charge in [0, 0.05) is 6.42 Å². The van der Waals surface area contributed by atoms with Crippen LogP contribution in [0.4, 0.5) is 0 Å². The van der Waals surface area contributed by atoms with E-state index in [0.717, 1.165) is 36.8 Å². The first kappa shape index (κ1) is 12.9. The quantitative estimate of drug-likeness (QED) is 0.711. The van der Waals surface area contributed by atoms with E-state index in [1.807, 2.05) is 6.07 Å². The van der Waals surface area contributed by atoms with Crippen molar-refractivity contribution in [2.45, 2.75) is 44.6 Å². The molecule has 0 aliphatic heterocycles. The molecule has 0 radical (unpaired) electrons. The van der Waals surface area contributed by atoms with Gasteiger partial charge in [-0.05, 0) is 48.4 Å². The van der Waals surface area contributed by atoms with Gasteiger partial charge >= 0.3 is 5.97 Å². The lowest BCUT2D eigenvalue weighted by molar-refractivity contribution is -0.138. The maximum Gasteiger partial charge on any atom is 0.320 e. The van der Waals surface area contributed by atoms with Gasteiger partial charge in [0.15, 0.2) is 0 Å². The molecule has 4 heteroatoms. The molecule has 0 aromatic heterocycles. The number of carboxylic acid groups (broad SMARTS) is 1. The molecule has 0 amide bonds. The number of aryl methyl sites for hydroxylation is 1. The Morgan fingerprint density at radius 3 is 2.72 bits per heavy atom. The Kier molecular flexibility index (Phi) is 3.87. The van der Waals surface area contributed by atoms with Crippen molar-refractivity contribution in [3.63, 3.8) is 0 Å². The predicted octanol–water partition coefficient (Wildman–Crippen LogP) is 1.62. The van der Waals surface area contributed by atoms with Crippen LogP contribution < -0.4 is 5.73 Å². The van der Waals surface area contributed by atoms with Crippen molar-refractivity contribution in [1.82, 2.24) is 0 Å². The molecule has 1 aromatic rings. The lowest BCUT2D eigenvalue weighted by atomic mass is 9.92. The normalized spacial score (nSPS) is 16.7. The van der Waals surface area contributed by atoms with Gasteiger partial charge in [-0.25, -0.2) is 0 Å². The average molecular weight is 249 g/mol. The number of hydrogen-bond donors (Lipinski definition) is 3. The van der Waals surface area contributed by atoms with Crippen LogP contribution in [0.5, 0.6) is 5.75 Å². The van der Waals surface area contributed by atoms with Crippen molar-refractivity contribution in [3.05, 3.63) is 28.8 Å². The molecule has 1 aliphatic carbocycles. The van der Waals surface area contributed by atoms with Crippen molar-refractivity contribution in [1.29, 1.82) is 0 Å². The van der Waals surface area contributed by atoms with E-state index >= 15 is 0 Å². The monoisotopic (exact) mass is 249 g/mol. The van der Waals surface area contributed by atoms with E-state index in [1.54, 1.807) is 6.07 Å². The Morgan fingerprint density at radius 1 is 1.28 bits per heavy atom. The number of fused-ring (bicyclic) bond motifs is 1. The predicted molar refractivity (Wildman–Crippen MR) is 68.7 cm³/mol. The van der Waals surface area contributed by atoms with Crippen LogP contribution in [0.25, 0.3) is 0 Å². The van der Waals surface area contributed by atoms with E-state index in [1.165, 1.54) is 12.0 Å². The molecule has 1 aliphatic rings. The van der Waals surface area contributed by atoms with Crippen LogP contribution >= 0.6 is 0 Å². The summed E-state index contributed by atoms with van der Waals surface area (Å²) < 4.78 is 0. The maximum atomic E-state index is 10.8. The molecule has 0 saturated carbocycles. The highest BCUT2D eigenvalue weighted by molar-refractivity contribution is 5.74. The number of carboxylic acids is 1. The molecule has 4 nitrogen and oxygen atoms in total. The van der Waals surface area contributed by atoms with Gasteiger partial charge in [-0.1, -0.05) is 12.5 Å². The zero-order valence-corrected chi connectivity index (χ0v) is 10.4. The Labute approximate surface area is 106 Å². The van der Waals surface area contributed by atoms with Crippen LogP contribution in [0.15, 0.2) is 12.1 Å². The molecule has 98 valence electrons. The highest BCUT2D eigenvalue weighted by Gasteiger charge is 2.20. The Morgan fingerprint density at radius 2 is 2.00 bits per heavy atom. The van der Waals surface area contributed by atoms with Gasteiger partial charge in [-0.3, -0.25) is 4.79 Å². The summed E-state index contributed by atoms with van der Waals surface area (Å²) in [7, 11) is 0. The summed E-state index contributed by atoms with van der Waals surface area (Å²) in [5.74, 6) is -0.854. The molecule has 0 bridgehead atoms. The average Bonchev–Trinajstić information content (AvgIpc) is 2.57. The van der Waals surface area contributed by atoms with Crippen molar-refractivity contribution >= 4 is 5.97 Å². The van der Waals surface area contributed by atoms with Crippen molar-refractivity contribution in [2.75, 3.05) is 0 Å². The molecule has 1 atom stereocenters. The first-order valence-electron chi connectivity index (χ1n) is 6.40. The summed E-state index contributed by atoms with van der Waals surface area (Å²) in [6.07, 6.45) is 5.54. The molecule has 1 unspecified atom stereocenters. The Balaban J connectivity index is 2.35. The second-order valence-electron chi connectivity index (χ2n) is 4.91. The number of rotatable bonds is 3. The molecular weight excluding hydrogens is 230 g/mol. The van der Waals surface area contributed by atoms with Crippen LogP contribution in [0, 0.1) is 0 Å². The summed E-state index contributed by atoms with van der Waals surface area (Å²) in [4.78, 5) is 10.8. The van der Waals surface area contributed by atoms with E-state index < -0.39 is 12.0 Å². The number of hydrogen-bond acceptors (Lipinski definition) is 3. The Bertz CT molecular complexity index is 457. The minimum Gasteiger partial charge on any atom is -0.508 e. The molecule has 0 spiro atoms. The third-order valence-electron chi connectivity index (χ3n) is 3.62. The minimum atomic E-state index is -1.03. The van der Waals surface area contributed by atoms with Gasteiger partial charge < -0.3 is 15.9 Å². The SMILES string of the molecule is NC(Cc1c(O)ccc2c1CCCCC2)C(=O)O. The zero-order valence-electron chi connectivity index (χ0n) is 10.4. The largest absolute Gasteiger partial charge is 0.508 e. The van der Waals surface area contributed by atoms with Gasteiger partial charge in [-0.15, -0.1) is 0 Å².